The minimum atomic E-state index is -3.27. The Kier molecular flexibility index (Phi) is 0.919. The molecule has 10 aliphatic heterocycles. The van der Waals surface area contributed by atoms with Crippen LogP contribution in [0.5, 0.6) is 0 Å². The van der Waals surface area contributed by atoms with E-state index in [1.165, 1.54) is 38.5 Å². The van der Waals surface area contributed by atoms with E-state index in [1.54, 1.807) is 17.0 Å². The van der Waals surface area contributed by atoms with E-state index in [-0.39, 0.29) is 7.92 Å². The fourth-order valence-electron chi connectivity index (χ4n) is 20.2. The van der Waals surface area contributed by atoms with Crippen LogP contribution in [0.15, 0.2) is 60.7 Å². The molecule has 0 saturated carbocycles. The maximum absolute atomic E-state index is 3.27. The zero-order valence-corrected chi connectivity index (χ0v) is 19.4. The molecule has 0 aliphatic carbocycles. The second-order valence-corrected chi connectivity index (χ2v) is 39.9. The summed E-state index contributed by atoms with van der Waals surface area (Å²) < 4.78 is 1.92. The molecular formula is C26H30FeNP. The van der Waals surface area contributed by atoms with Crippen LogP contribution in [0.3, 0.4) is 0 Å². The first-order chi connectivity index (χ1) is 14.0. The summed E-state index contributed by atoms with van der Waals surface area (Å²) in [6.07, 6.45) is 1.59. The van der Waals surface area contributed by atoms with Gasteiger partial charge in [-0.1, -0.05) is 0 Å². The molecule has 0 aromatic heterocycles. The van der Waals surface area contributed by atoms with Gasteiger partial charge in [-0.05, 0) is 14.1 Å². The van der Waals surface area contributed by atoms with Crippen molar-refractivity contribution < 1.29 is 6.51 Å². The number of hydrogen-bond donors (Lipinski definition) is 1. The molecule has 1 spiro atoms. The molecule has 1 N–H and O–H groups in total. The quantitative estimate of drug-likeness (QED) is 0.449. The van der Waals surface area contributed by atoms with Crippen molar-refractivity contribution in [3.8, 4) is 0 Å². The van der Waals surface area contributed by atoms with E-state index >= 15 is 0 Å². The summed E-state index contributed by atoms with van der Waals surface area (Å²) in [5.74, 6) is 0. The van der Waals surface area contributed by atoms with Crippen molar-refractivity contribution in [3.05, 3.63) is 60.7 Å². The minimum Gasteiger partial charge on any atom is -0.323 e. The van der Waals surface area contributed by atoms with Crippen LogP contribution in [0, 0.1) is 0 Å². The fourth-order valence-corrected chi connectivity index (χ4v) is 112. The summed E-state index contributed by atoms with van der Waals surface area (Å²) in [5.41, 5.74) is 0. The summed E-state index contributed by atoms with van der Waals surface area (Å²) in [6, 6.07) is 23.9. The molecule has 10 heterocycles. The van der Waals surface area contributed by atoms with Crippen molar-refractivity contribution in [2.24, 2.45) is 0 Å². The summed E-state index contributed by atoms with van der Waals surface area (Å²) in [4.78, 5) is 11.2. The third kappa shape index (κ3) is 0.261. The Balaban J connectivity index is 0.000000403. The van der Waals surface area contributed by atoms with Crippen molar-refractivity contribution in [1.82, 2.24) is 5.32 Å². The maximum Gasteiger partial charge on any atom is -0.0167 e. The molecule has 2 aromatic carbocycles. The molecule has 1 nitrogen and oxygen atoms in total. The first-order valence-electron chi connectivity index (χ1n) is 11.7. The Morgan fingerprint density at radius 3 is 1.52 bits per heavy atom. The normalized spacial score (nSPS) is 76.7. The third-order valence-corrected chi connectivity index (χ3v) is 68.5. The van der Waals surface area contributed by atoms with E-state index in [0.717, 1.165) is 8.37 Å². The Hall–Kier alpha value is -0.651. The van der Waals surface area contributed by atoms with E-state index in [9.17, 15) is 0 Å². The first kappa shape index (κ1) is 14.4. The standard InChI is InChI=1S/C19H18P.C5H5.C2H7N.Fe/c1-2-16-10-9-15-19(16)20(17-11-5-3-6-12-17)18-13-7-4-8-14-18;1-2-4-5-3-1;1-3-2;/h3-15H,2H2,1H3;1-5H;3H,1-2H3;. The van der Waals surface area contributed by atoms with E-state index in [1.807, 2.05) is 14.1 Å². The predicted molar refractivity (Wildman–Crippen MR) is 120 cm³/mol. The molecule has 10 saturated heterocycles. The molecule has 2 aromatic rings. The van der Waals surface area contributed by atoms with Crippen molar-refractivity contribution >= 4 is 18.5 Å². The van der Waals surface area contributed by atoms with Crippen molar-refractivity contribution in [1.29, 1.82) is 0 Å². The summed E-state index contributed by atoms with van der Waals surface area (Å²) >= 11 is 0. The molecule has 12 rings (SSSR count). The van der Waals surface area contributed by atoms with Gasteiger partial charge in [-0.15, -0.1) is 0 Å². The molecule has 10 fully saturated rings. The van der Waals surface area contributed by atoms with Gasteiger partial charge in [0.15, 0.2) is 0 Å². The molecule has 152 valence electrons. The SMILES string of the molecule is CC[C]12[CH]3[CH]4[CH]5[C]1(P(c1ccccc1)c1ccccc1)[Fe]43521678[CH]2[CH]1[CH]6[CH]7[CH]28.CNC. The number of nitrogens with one attached hydrogen (secondary N) is 1. The van der Waals surface area contributed by atoms with E-state index in [0.29, 0.717) is 0 Å². The van der Waals surface area contributed by atoms with Crippen LogP contribution in [0.25, 0.3) is 0 Å². The van der Waals surface area contributed by atoms with Crippen LogP contribution in [-0.2, 0) is 6.51 Å². The first-order valence-corrected chi connectivity index (χ1v) is 19.2. The number of rotatable bonds is 4. The van der Waals surface area contributed by atoms with Crippen LogP contribution < -0.4 is 15.9 Å². The second-order valence-electron chi connectivity index (χ2n) is 13.7. The summed E-state index contributed by atoms with van der Waals surface area (Å²) in [6.45, 7) is -0.623. The van der Waals surface area contributed by atoms with Gasteiger partial charge in [-0.3, -0.25) is 0 Å². The Morgan fingerprint density at radius 1 is 0.759 bits per heavy atom. The van der Waals surface area contributed by atoms with Crippen LogP contribution in [0.2, 0.25) is 42.8 Å². The van der Waals surface area contributed by atoms with Gasteiger partial charge >= 0.3 is 146 Å². The smallest absolute Gasteiger partial charge is 0.0167 e. The zero-order chi connectivity index (χ0) is 19.2. The maximum atomic E-state index is 2.75. The molecule has 10 aliphatic rings. The Morgan fingerprint density at radius 2 is 1.21 bits per heavy atom. The van der Waals surface area contributed by atoms with Crippen LogP contribution in [-0.4, -0.2) is 18.1 Å². The van der Waals surface area contributed by atoms with Gasteiger partial charge in [-0.25, -0.2) is 0 Å². The molecule has 3 heteroatoms. The van der Waals surface area contributed by atoms with Crippen molar-refractivity contribution in [3.63, 3.8) is 0 Å². The van der Waals surface area contributed by atoms with Crippen LogP contribution in [0.4, 0.5) is 0 Å². The number of benzene rings is 2. The van der Waals surface area contributed by atoms with Gasteiger partial charge in [0.1, 0.15) is 0 Å². The van der Waals surface area contributed by atoms with Crippen LogP contribution >= 0.6 is 7.92 Å². The van der Waals surface area contributed by atoms with Gasteiger partial charge in [0.05, 0.1) is 0 Å². The zero-order valence-electron chi connectivity index (χ0n) is 17.4. The summed E-state index contributed by atoms with van der Waals surface area (Å²) in [5, 5.41) is 6.24. The topological polar surface area (TPSA) is 12.0 Å². The van der Waals surface area contributed by atoms with Crippen LogP contribution in [0.1, 0.15) is 13.3 Å². The Labute approximate surface area is 165 Å². The molecule has 5 unspecified atom stereocenters. The van der Waals surface area contributed by atoms with Gasteiger partial charge < -0.3 is 5.32 Å². The van der Waals surface area contributed by atoms with Gasteiger partial charge in [-0.2, -0.15) is 0 Å². The number of fused-ring (bicyclic) bond motifs is 10. The van der Waals surface area contributed by atoms with Crippen molar-refractivity contribution in [2.45, 2.75) is 60.2 Å². The molecule has 0 bridgehead atoms. The van der Waals surface area contributed by atoms with E-state index < -0.39 is 6.51 Å². The van der Waals surface area contributed by atoms with E-state index in [4.69, 9.17) is 0 Å². The molecule has 5 atom stereocenters. The predicted octanol–water partition coefficient (Wildman–Crippen LogP) is 6.03. The van der Waals surface area contributed by atoms with E-state index in [2.05, 4.69) is 72.9 Å². The van der Waals surface area contributed by atoms with Gasteiger partial charge in [0.2, 0.25) is 0 Å². The average molecular weight is 443 g/mol. The number of hydrogen-bond acceptors (Lipinski definition) is 1. The minimum absolute atomic E-state index is 0.123. The Bertz CT molecular complexity index is 1470. The van der Waals surface area contributed by atoms with Gasteiger partial charge in [0, 0.05) is 0 Å². The molecule has 0 amide bonds. The monoisotopic (exact) mass is 443 g/mol. The summed E-state index contributed by atoms with van der Waals surface area (Å²) in [7, 11) is 3.63. The largest absolute Gasteiger partial charge is 0.323 e. The van der Waals surface area contributed by atoms with Gasteiger partial charge in [0.25, 0.3) is 0 Å². The van der Waals surface area contributed by atoms with Crippen molar-refractivity contribution in [2.75, 3.05) is 14.1 Å². The fraction of sp³-hybridized carbons (Fsp3) is 0.538. The molecular weight excluding hydrogens is 413 g/mol. The average Bonchev–Trinajstić information content (AvgIpc) is 3.70. The third-order valence-electron chi connectivity index (χ3n) is 18.0. The molecule has 29 heavy (non-hydrogen) atoms. The molecule has 0 radical (unpaired) electrons. The second kappa shape index (κ2) is 1.85.